The lowest BCUT2D eigenvalue weighted by Gasteiger charge is -2.26. The Kier molecular flexibility index (Phi) is 6.77. The molecular formula is C13H30Si2. The van der Waals surface area contributed by atoms with Crippen molar-refractivity contribution in [3.05, 3.63) is 12.2 Å². The summed E-state index contributed by atoms with van der Waals surface area (Å²) in [4.78, 5) is 0. The quantitative estimate of drug-likeness (QED) is 0.415. The molecule has 0 N–H and O–H groups in total. The monoisotopic (exact) mass is 242 g/mol. The maximum atomic E-state index is 2.50. The number of hydrogen-bond donors (Lipinski definition) is 0. The summed E-state index contributed by atoms with van der Waals surface area (Å²) in [5.41, 5.74) is 0. The molecule has 0 amide bonds. The van der Waals surface area contributed by atoms with Crippen LogP contribution < -0.4 is 0 Å². The number of rotatable bonds is 7. The van der Waals surface area contributed by atoms with E-state index in [1.807, 2.05) is 0 Å². The first-order chi connectivity index (χ1) is 6.89. The van der Waals surface area contributed by atoms with Crippen molar-refractivity contribution in [2.24, 2.45) is 0 Å². The van der Waals surface area contributed by atoms with Crippen LogP contribution in [-0.2, 0) is 0 Å². The second-order valence-corrected chi connectivity index (χ2v) is 17.1. The van der Waals surface area contributed by atoms with Crippen LogP contribution in [0.15, 0.2) is 12.2 Å². The molecule has 0 fully saturated rings. The molecule has 0 nitrogen and oxygen atoms in total. The molecule has 0 radical (unpaired) electrons. The smallest absolute Gasteiger partial charge is 0.0565 e. The minimum atomic E-state index is -0.885. The Morgan fingerprint density at radius 1 is 0.733 bits per heavy atom. The van der Waals surface area contributed by atoms with Crippen LogP contribution in [0.1, 0.15) is 20.8 Å². The Labute approximate surface area is 99.2 Å². The SMILES string of the molecule is CC[Si](CC)(CC)C/C=C/C[Si](C)(C)C. The zero-order chi connectivity index (χ0) is 11.9. The lowest BCUT2D eigenvalue weighted by Crippen LogP contribution is -2.30. The molecule has 0 unspecified atom stereocenters. The van der Waals surface area contributed by atoms with Gasteiger partial charge in [-0.05, 0) is 12.1 Å². The van der Waals surface area contributed by atoms with Crippen molar-refractivity contribution in [3.8, 4) is 0 Å². The molecule has 0 aliphatic rings. The molecule has 0 rings (SSSR count). The highest BCUT2D eigenvalue weighted by Crippen LogP contribution is 2.25. The average Bonchev–Trinajstić information content (AvgIpc) is 2.18. The van der Waals surface area contributed by atoms with Crippen molar-refractivity contribution in [2.45, 2.75) is 70.6 Å². The van der Waals surface area contributed by atoms with Gasteiger partial charge in [0, 0.05) is 8.07 Å². The molecule has 0 saturated carbocycles. The van der Waals surface area contributed by atoms with E-state index in [4.69, 9.17) is 0 Å². The van der Waals surface area contributed by atoms with Gasteiger partial charge in [-0.25, -0.2) is 0 Å². The topological polar surface area (TPSA) is 0 Å². The van der Waals surface area contributed by atoms with Gasteiger partial charge in [-0.15, -0.1) is 0 Å². The lowest BCUT2D eigenvalue weighted by atomic mass is 10.6. The van der Waals surface area contributed by atoms with E-state index >= 15 is 0 Å². The first-order valence-corrected chi connectivity index (χ1v) is 13.1. The second-order valence-electron chi connectivity index (χ2n) is 6.00. The summed E-state index contributed by atoms with van der Waals surface area (Å²) in [5, 5.41) is 0. The molecule has 0 saturated heterocycles. The predicted octanol–water partition coefficient (Wildman–Crippen LogP) is 5.39. The fourth-order valence-electron chi connectivity index (χ4n) is 1.95. The van der Waals surface area contributed by atoms with Crippen molar-refractivity contribution >= 4 is 16.1 Å². The van der Waals surface area contributed by atoms with Crippen LogP contribution in [-0.4, -0.2) is 16.1 Å². The van der Waals surface area contributed by atoms with Crippen molar-refractivity contribution < 1.29 is 0 Å². The van der Waals surface area contributed by atoms with Crippen LogP contribution in [0.25, 0.3) is 0 Å². The third-order valence-corrected chi connectivity index (χ3v) is 10.8. The Morgan fingerprint density at radius 3 is 1.47 bits per heavy atom. The normalized spacial score (nSPS) is 13.7. The van der Waals surface area contributed by atoms with Crippen LogP contribution >= 0.6 is 0 Å². The predicted molar refractivity (Wildman–Crippen MR) is 79.3 cm³/mol. The number of hydrogen-bond acceptors (Lipinski definition) is 0. The Hall–Kier alpha value is 0.174. The maximum Gasteiger partial charge on any atom is 0.0565 e. The van der Waals surface area contributed by atoms with E-state index in [9.17, 15) is 0 Å². The standard InChI is InChI=1S/C13H30Si2/c1-7-15(8-2,9-3)13-11-10-12-14(4,5)6/h10-11H,7-9,12-13H2,1-6H3/b11-10+. The molecule has 15 heavy (non-hydrogen) atoms. The summed E-state index contributed by atoms with van der Waals surface area (Å²) in [6.07, 6.45) is 4.97. The molecule has 0 aromatic carbocycles. The van der Waals surface area contributed by atoms with E-state index in [-0.39, 0.29) is 0 Å². The van der Waals surface area contributed by atoms with Gasteiger partial charge in [0.25, 0.3) is 0 Å². The fourth-order valence-corrected chi connectivity index (χ4v) is 5.86. The average molecular weight is 243 g/mol. The highest BCUT2D eigenvalue weighted by molar-refractivity contribution is 6.80. The third-order valence-electron chi connectivity index (χ3n) is 3.70. The van der Waals surface area contributed by atoms with Gasteiger partial charge in [0.05, 0.1) is 8.07 Å². The van der Waals surface area contributed by atoms with E-state index in [1.165, 1.54) is 30.2 Å². The van der Waals surface area contributed by atoms with Crippen LogP contribution in [0.3, 0.4) is 0 Å². The van der Waals surface area contributed by atoms with Gasteiger partial charge in [0.2, 0.25) is 0 Å². The van der Waals surface area contributed by atoms with Gasteiger partial charge in [-0.2, -0.15) is 0 Å². The third kappa shape index (κ3) is 6.36. The van der Waals surface area contributed by atoms with Gasteiger partial charge < -0.3 is 0 Å². The molecule has 0 aromatic rings. The molecule has 2 heteroatoms. The molecule has 0 aliphatic heterocycles. The second kappa shape index (κ2) is 6.69. The van der Waals surface area contributed by atoms with Crippen LogP contribution in [0.2, 0.25) is 49.9 Å². The molecule has 0 bridgehead atoms. The van der Waals surface area contributed by atoms with Crippen molar-refractivity contribution in [3.63, 3.8) is 0 Å². The van der Waals surface area contributed by atoms with E-state index in [0.29, 0.717) is 0 Å². The summed E-state index contributed by atoms with van der Waals surface area (Å²) in [5.74, 6) is 0. The molecule has 0 heterocycles. The van der Waals surface area contributed by atoms with E-state index in [1.54, 1.807) is 0 Å². The first kappa shape index (κ1) is 15.2. The Bertz CT molecular complexity index is 177. The van der Waals surface area contributed by atoms with Crippen molar-refractivity contribution in [1.29, 1.82) is 0 Å². The van der Waals surface area contributed by atoms with Crippen LogP contribution in [0.4, 0.5) is 0 Å². The summed E-state index contributed by atoms with van der Waals surface area (Å²) in [6.45, 7) is 14.5. The van der Waals surface area contributed by atoms with Gasteiger partial charge in [-0.1, -0.05) is 70.7 Å². The molecular weight excluding hydrogens is 212 g/mol. The fraction of sp³-hybridized carbons (Fsp3) is 0.846. The summed E-state index contributed by atoms with van der Waals surface area (Å²) < 4.78 is 0. The van der Waals surface area contributed by atoms with Gasteiger partial charge in [0.1, 0.15) is 0 Å². The maximum absolute atomic E-state index is 2.50. The summed E-state index contributed by atoms with van der Waals surface area (Å²) in [6, 6.07) is 7.14. The zero-order valence-electron chi connectivity index (χ0n) is 11.7. The summed E-state index contributed by atoms with van der Waals surface area (Å²) in [7, 11) is -1.74. The first-order valence-electron chi connectivity index (χ1n) is 6.54. The van der Waals surface area contributed by atoms with Crippen molar-refractivity contribution in [2.75, 3.05) is 0 Å². The highest BCUT2D eigenvalue weighted by Gasteiger charge is 2.24. The zero-order valence-corrected chi connectivity index (χ0v) is 13.7. The highest BCUT2D eigenvalue weighted by atomic mass is 28.3. The Balaban J connectivity index is 4.11. The van der Waals surface area contributed by atoms with Crippen LogP contribution in [0, 0.1) is 0 Å². The van der Waals surface area contributed by atoms with E-state index < -0.39 is 16.1 Å². The van der Waals surface area contributed by atoms with Gasteiger partial charge in [-0.3, -0.25) is 0 Å². The molecule has 0 aliphatic carbocycles. The number of allylic oxidation sites excluding steroid dienone is 2. The largest absolute Gasteiger partial charge is 0.0915 e. The van der Waals surface area contributed by atoms with Gasteiger partial charge >= 0.3 is 0 Å². The molecule has 0 spiro atoms. The van der Waals surface area contributed by atoms with Crippen LogP contribution in [0.5, 0.6) is 0 Å². The minimum absolute atomic E-state index is 0.856. The molecule has 90 valence electrons. The Morgan fingerprint density at radius 2 is 1.13 bits per heavy atom. The molecule has 0 aromatic heterocycles. The summed E-state index contributed by atoms with van der Waals surface area (Å²) >= 11 is 0. The minimum Gasteiger partial charge on any atom is -0.0915 e. The van der Waals surface area contributed by atoms with Gasteiger partial charge in [0.15, 0.2) is 0 Å². The van der Waals surface area contributed by atoms with E-state index in [0.717, 1.165) is 0 Å². The lowest BCUT2D eigenvalue weighted by molar-refractivity contribution is 1.14. The van der Waals surface area contributed by atoms with Crippen molar-refractivity contribution in [1.82, 2.24) is 0 Å². The van der Waals surface area contributed by atoms with E-state index in [2.05, 4.69) is 52.6 Å². The molecule has 0 atom stereocenters.